The summed E-state index contributed by atoms with van der Waals surface area (Å²) >= 11 is 0. The predicted molar refractivity (Wildman–Crippen MR) is 187 cm³/mol. The van der Waals surface area contributed by atoms with Gasteiger partial charge in [-0.2, -0.15) is 0 Å². The number of hydrogen-bond acceptors (Lipinski definition) is 7. The average molecular weight is 668 g/mol. The monoisotopic (exact) mass is 667 g/mol. The van der Waals surface area contributed by atoms with Gasteiger partial charge in [-0.15, -0.1) is 0 Å². The minimum Gasteiger partial charge on any atom is -0.494 e. The van der Waals surface area contributed by atoms with Crippen LogP contribution in [0.25, 0.3) is 0 Å². The minimum atomic E-state index is -1.27. The molecule has 1 atom stereocenters. The van der Waals surface area contributed by atoms with E-state index in [-0.39, 0.29) is 23.5 Å². The number of methoxy groups -OCH3 is 1. The van der Waals surface area contributed by atoms with Gasteiger partial charge in [-0.3, -0.25) is 4.79 Å². The molecule has 4 N–H and O–H groups in total. The molecule has 0 radical (unpaired) electrons. The summed E-state index contributed by atoms with van der Waals surface area (Å²) in [5, 5.41) is 17.8. The number of carbonyl (C=O) groups excluding carboxylic acids is 3. The Balaban J connectivity index is 1.30. The van der Waals surface area contributed by atoms with E-state index < -0.39 is 29.9 Å². The van der Waals surface area contributed by atoms with E-state index in [1.165, 1.54) is 44.6 Å². The molecule has 49 heavy (non-hydrogen) atoms. The number of carbonyl (C=O) groups is 4. The summed E-state index contributed by atoms with van der Waals surface area (Å²) < 4.78 is 16.8. The fraction of sp³-hybridized carbons (Fsp3) is 0.263. The largest absolute Gasteiger partial charge is 0.494 e. The van der Waals surface area contributed by atoms with E-state index in [1.807, 2.05) is 6.07 Å². The van der Waals surface area contributed by atoms with Crippen molar-refractivity contribution < 1.29 is 38.5 Å². The number of para-hydroxylation sites is 1. The Labute approximate surface area is 285 Å². The highest BCUT2D eigenvalue weighted by atomic mass is 16.6. The molecule has 11 nitrogen and oxygen atoms in total. The van der Waals surface area contributed by atoms with E-state index >= 15 is 0 Å². The number of nitrogens with one attached hydrogen (secondary N) is 3. The lowest BCUT2D eigenvalue weighted by molar-refractivity contribution is -0.139. The average Bonchev–Trinajstić information content (AvgIpc) is 3.10. The molecule has 4 aromatic carbocycles. The van der Waals surface area contributed by atoms with Crippen molar-refractivity contribution in [2.45, 2.75) is 51.5 Å². The second-order valence-corrected chi connectivity index (χ2v) is 11.3. The van der Waals surface area contributed by atoms with Gasteiger partial charge in [-0.25, -0.2) is 14.4 Å². The molecule has 0 aliphatic heterocycles. The highest BCUT2D eigenvalue weighted by Gasteiger charge is 2.23. The van der Waals surface area contributed by atoms with E-state index in [2.05, 4.69) is 22.9 Å². The van der Waals surface area contributed by atoms with Crippen LogP contribution in [0.3, 0.4) is 0 Å². The Bertz CT molecular complexity index is 1690. The van der Waals surface area contributed by atoms with Crippen LogP contribution in [0.2, 0.25) is 0 Å². The summed E-state index contributed by atoms with van der Waals surface area (Å²) in [6.45, 7) is 2.79. The van der Waals surface area contributed by atoms with Gasteiger partial charge < -0.3 is 35.3 Å². The first kappa shape index (κ1) is 36.0. The molecule has 0 fully saturated rings. The van der Waals surface area contributed by atoms with Crippen molar-refractivity contribution >= 4 is 35.3 Å². The summed E-state index contributed by atoms with van der Waals surface area (Å²) in [6, 6.07) is 24.6. The lowest BCUT2D eigenvalue weighted by Crippen LogP contribution is -2.42. The van der Waals surface area contributed by atoms with Crippen molar-refractivity contribution in [1.82, 2.24) is 5.32 Å². The second-order valence-electron chi connectivity index (χ2n) is 11.3. The molecule has 0 aliphatic carbocycles. The molecule has 3 amide bonds. The molecule has 11 heteroatoms. The summed E-state index contributed by atoms with van der Waals surface area (Å²) in [6.07, 6.45) is 5.64. The van der Waals surface area contributed by atoms with Gasteiger partial charge in [0, 0.05) is 23.4 Å². The topological polar surface area (TPSA) is 152 Å². The smallest absolute Gasteiger partial charge is 0.343 e. The third-order valence-electron chi connectivity index (χ3n) is 7.52. The molecule has 0 saturated carbocycles. The summed E-state index contributed by atoms with van der Waals surface area (Å²) in [5.74, 6) is -1.37. The molecule has 0 bridgehead atoms. The molecule has 4 rings (SSSR count). The van der Waals surface area contributed by atoms with Gasteiger partial charge in [0.1, 0.15) is 11.8 Å². The maximum atomic E-state index is 12.9. The van der Waals surface area contributed by atoms with Crippen LogP contribution < -0.4 is 30.2 Å². The minimum absolute atomic E-state index is 0.0645. The molecule has 0 spiro atoms. The third-order valence-corrected chi connectivity index (χ3v) is 7.52. The van der Waals surface area contributed by atoms with E-state index in [4.69, 9.17) is 14.2 Å². The van der Waals surface area contributed by atoms with Crippen LogP contribution in [0.4, 0.5) is 16.2 Å². The molecule has 4 aromatic rings. The van der Waals surface area contributed by atoms with Crippen LogP contribution in [0.1, 0.15) is 65.3 Å². The van der Waals surface area contributed by atoms with Crippen LogP contribution in [-0.2, 0) is 11.2 Å². The van der Waals surface area contributed by atoms with Crippen molar-refractivity contribution in [3.8, 4) is 17.2 Å². The maximum absolute atomic E-state index is 12.9. The van der Waals surface area contributed by atoms with Gasteiger partial charge in [-0.1, -0.05) is 56.9 Å². The van der Waals surface area contributed by atoms with E-state index in [1.54, 1.807) is 72.8 Å². The van der Waals surface area contributed by atoms with Crippen molar-refractivity contribution in [2.75, 3.05) is 24.4 Å². The Morgan fingerprint density at radius 2 is 1.39 bits per heavy atom. The van der Waals surface area contributed by atoms with E-state index in [0.29, 0.717) is 34.9 Å². The first-order chi connectivity index (χ1) is 23.7. The Morgan fingerprint density at radius 3 is 2.04 bits per heavy atom. The number of esters is 1. The quantitative estimate of drug-likeness (QED) is 0.0519. The Morgan fingerprint density at radius 1 is 0.735 bits per heavy atom. The normalized spacial score (nSPS) is 11.1. The van der Waals surface area contributed by atoms with E-state index in [9.17, 15) is 24.3 Å². The van der Waals surface area contributed by atoms with Gasteiger partial charge in [-0.05, 0) is 84.8 Å². The lowest BCUT2D eigenvalue weighted by Gasteiger charge is -2.16. The summed E-state index contributed by atoms with van der Waals surface area (Å²) in [7, 11) is 1.41. The molecule has 0 saturated heterocycles. The zero-order valence-electron chi connectivity index (χ0n) is 27.6. The summed E-state index contributed by atoms with van der Waals surface area (Å²) in [5.41, 5.74) is 2.14. The number of amides is 3. The first-order valence-corrected chi connectivity index (χ1v) is 16.1. The number of aliphatic carboxylic acids is 1. The number of hydrogen-bond donors (Lipinski definition) is 4. The molecule has 0 aromatic heterocycles. The molecule has 1 unspecified atom stereocenters. The number of carboxylic acid groups (broad SMARTS) is 1. The first-order valence-electron chi connectivity index (χ1n) is 16.1. The highest BCUT2D eigenvalue weighted by molar-refractivity contribution is 6.01. The number of rotatable bonds is 17. The molecule has 256 valence electrons. The van der Waals surface area contributed by atoms with Crippen molar-refractivity contribution in [3.63, 3.8) is 0 Å². The molecular formula is C38H41N3O8. The number of urea groups is 1. The highest BCUT2D eigenvalue weighted by Crippen LogP contribution is 2.30. The van der Waals surface area contributed by atoms with E-state index in [0.717, 1.165) is 12.8 Å². The van der Waals surface area contributed by atoms with Crippen LogP contribution in [0.5, 0.6) is 17.2 Å². The van der Waals surface area contributed by atoms with Gasteiger partial charge in [0.15, 0.2) is 11.5 Å². The van der Waals surface area contributed by atoms with Crippen LogP contribution >= 0.6 is 0 Å². The number of carboxylic acids is 1. The third kappa shape index (κ3) is 11.4. The Kier molecular flexibility index (Phi) is 13.6. The fourth-order valence-electron chi connectivity index (χ4n) is 4.86. The fourth-order valence-corrected chi connectivity index (χ4v) is 4.86. The molecular weight excluding hydrogens is 626 g/mol. The van der Waals surface area contributed by atoms with Gasteiger partial charge >= 0.3 is 18.0 Å². The second kappa shape index (κ2) is 18.5. The Hall–Kier alpha value is -5.84. The van der Waals surface area contributed by atoms with Gasteiger partial charge in [0.25, 0.3) is 5.91 Å². The van der Waals surface area contributed by atoms with Crippen molar-refractivity contribution in [1.29, 1.82) is 0 Å². The van der Waals surface area contributed by atoms with Crippen molar-refractivity contribution in [2.24, 2.45) is 0 Å². The van der Waals surface area contributed by atoms with Crippen molar-refractivity contribution in [3.05, 3.63) is 114 Å². The van der Waals surface area contributed by atoms with Crippen LogP contribution in [0, 0.1) is 0 Å². The maximum Gasteiger partial charge on any atom is 0.343 e. The van der Waals surface area contributed by atoms with Crippen LogP contribution in [-0.4, -0.2) is 48.7 Å². The number of anilines is 2. The lowest BCUT2D eigenvalue weighted by atomic mass is 10.0. The molecule has 0 heterocycles. The number of benzene rings is 4. The standard InChI is InChI=1S/C38H41N3O8/c1-3-4-5-6-10-23-48-31-20-16-28(17-21-31)37(45)49-33-22-13-26(25-34(33)47-2)24-32(36(43)44)41-35(42)27-14-18-30(19-15-27)40-38(46)39-29-11-8-7-9-12-29/h7-9,11-22,25,32H,3-6,10,23-24H2,1-2H3,(H,41,42)(H,43,44)(H2,39,40,46). The predicted octanol–water partition coefficient (Wildman–Crippen LogP) is 7.33. The number of ether oxygens (including phenoxy) is 3. The number of unbranched alkanes of at least 4 members (excludes halogenated alkanes) is 4. The van der Waals surface area contributed by atoms with Gasteiger partial charge in [0.2, 0.25) is 0 Å². The SMILES string of the molecule is CCCCCCCOc1ccc(C(=O)Oc2ccc(CC(NC(=O)c3ccc(NC(=O)Nc4ccccc4)cc3)C(=O)O)cc2OC)cc1. The van der Waals surface area contributed by atoms with Crippen LogP contribution in [0.15, 0.2) is 97.1 Å². The summed E-state index contributed by atoms with van der Waals surface area (Å²) in [4.78, 5) is 50.1. The molecule has 0 aliphatic rings. The zero-order valence-corrected chi connectivity index (χ0v) is 27.6. The zero-order chi connectivity index (χ0) is 35.0. The van der Waals surface area contributed by atoms with Gasteiger partial charge in [0.05, 0.1) is 19.3 Å².